The molecule has 2 fully saturated rings. The van der Waals surface area contributed by atoms with E-state index in [1.54, 1.807) is 12.1 Å². The SMILES string of the molecule is CC(NC1CC2CCC(C1)N2C)c1ccc(F)cc1. The molecule has 0 aliphatic carbocycles. The number of piperidine rings is 1. The first kappa shape index (κ1) is 13.1. The molecule has 2 heterocycles. The van der Waals surface area contributed by atoms with Gasteiger partial charge in [0, 0.05) is 24.2 Å². The molecule has 3 rings (SSSR count). The Labute approximate surface area is 115 Å². The molecule has 1 aromatic rings. The van der Waals surface area contributed by atoms with Gasteiger partial charge in [-0.2, -0.15) is 0 Å². The standard InChI is InChI=1S/C16H23FN2/c1-11(12-3-5-13(17)6-4-12)18-14-9-15-7-8-16(10-14)19(15)2/h3-6,11,14-16,18H,7-10H2,1-2H3. The van der Waals surface area contributed by atoms with Crippen LogP contribution in [-0.4, -0.2) is 30.1 Å². The average molecular weight is 262 g/mol. The highest BCUT2D eigenvalue weighted by Crippen LogP contribution is 2.34. The van der Waals surface area contributed by atoms with Crippen LogP contribution >= 0.6 is 0 Å². The number of hydrogen-bond acceptors (Lipinski definition) is 2. The maximum absolute atomic E-state index is 12.9. The van der Waals surface area contributed by atoms with Crippen LogP contribution in [0.25, 0.3) is 0 Å². The van der Waals surface area contributed by atoms with Crippen molar-refractivity contribution in [3.63, 3.8) is 0 Å². The molecular formula is C16H23FN2. The summed E-state index contributed by atoms with van der Waals surface area (Å²) in [7, 11) is 2.27. The highest BCUT2D eigenvalue weighted by molar-refractivity contribution is 5.19. The van der Waals surface area contributed by atoms with E-state index in [1.165, 1.54) is 31.2 Å². The molecule has 3 unspecified atom stereocenters. The molecular weight excluding hydrogens is 239 g/mol. The van der Waals surface area contributed by atoms with Gasteiger partial charge in [-0.15, -0.1) is 0 Å². The summed E-state index contributed by atoms with van der Waals surface area (Å²) in [6, 6.07) is 9.29. The van der Waals surface area contributed by atoms with Crippen molar-refractivity contribution in [3.8, 4) is 0 Å². The second kappa shape index (κ2) is 5.22. The fraction of sp³-hybridized carbons (Fsp3) is 0.625. The number of fused-ring (bicyclic) bond motifs is 2. The predicted octanol–water partition coefficient (Wildman–Crippen LogP) is 3.10. The first-order chi connectivity index (χ1) is 9.13. The van der Waals surface area contributed by atoms with Crippen molar-refractivity contribution in [2.45, 2.75) is 56.8 Å². The van der Waals surface area contributed by atoms with Crippen molar-refractivity contribution < 1.29 is 4.39 Å². The smallest absolute Gasteiger partial charge is 0.123 e. The van der Waals surface area contributed by atoms with E-state index in [-0.39, 0.29) is 5.82 Å². The van der Waals surface area contributed by atoms with Gasteiger partial charge in [0.25, 0.3) is 0 Å². The van der Waals surface area contributed by atoms with E-state index in [2.05, 4.69) is 24.2 Å². The predicted molar refractivity (Wildman–Crippen MR) is 75.5 cm³/mol. The number of benzene rings is 1. The molecule has 0 spiro atoms. The lowest BCUT2D eigenvalue weighted by molar-refractivity contribution is 0.144. The van der Waals surface area contributed by atoms with Crippen LogP contribution in [0.5, 0.6) is 0 Å². The molecule has 0 saturated carbocycles. The van der Waals surface area contributed by atoms with Gasteiger partial charge in [-0.1, -0.05) is 12.1 Å². The first-order valence-electron chi connectivity index (χ1n) is 7.37. The molecule has 0 radical (unpaired) electrons. The van der Waals surface area contributed by atoms with Crippen LogP contribution in [0, 0.1) is 5.82 Å². The molecule has 1 aromatic carbocycles. The summed E-state index contributed by atoms with van der Waals surface area (Å²) in [6.07, 6.45) is 5.20. The lowest BCUT2D eigenvalue weighted by Crippen LogP contribution is -2.47. The van der Waals surface area contributed by atoms with E-state index < -0.39 is 0 Å². The molecule has 0 aromatic heterocycles. The molecule has 2 saturated heterocycles. The van der Waals surface area contributed by atoms with Gasteiger partial charge in [0.1, 0.15) is 5.82 Å². The van der Waals surface area contributed by atoms with E-state index in [1.807, 2.05) is 12.1 Å². The minimum absolute atomic E-state index is 0.159. The minimum atomic E-state index is -0.159. The van der Waals surface area contributed by atoms with Crippen LogP contribution in [0.2, 0.25) is 0 Å². The van der Waals surface area contributed by atoms with Gasteiger partial charge >= 0.3 is 0 Å². The van der Waals surface area contributed by atoms with Crippen LogP contribution in [0.1, 0.15) is 44.2 Å². The van der Waals surface area contributed by atoms with E-state index in [0.717, 1.165) is 12.1 Å². The fourth-order valence-electron chi connectivity index (χ4n) is 3.75. The quantitative estimate of drug-likeness (QED) is 0.900. The molecule has 1 N–H and O–H groups in total. The molecule has 2 bridgehead atoms. The number of rotatable bonds is 3. The van der Waals surface area contributed by atoms with Gasteiger partial charge in [-0.3, -0.25) is 0 Å². The van der Waals surface area contributed by atoms with Crippen molar-refractivity contribution in [2.75, 3.05) is 7.05 Å². The topological polar surface area (TPSA) is 15.3 Å². The summed E-state index contributed by atoms with van der Waals surface area (Å²) < 4.78 is 12.9. The first-order valence-corrected chi connectivity index (χ1v) is 7.37. The van der Waals surface area contributed by atoms with Crippen molar-refractivity contribution in [3.05, 3.63) is 35.6 Å². The average Bonchev–Trinajstić information content (AvgIpc) is 2.63. The Hall–Kier alpha value is -0.930. The van der Waals surface area contributed by atoms with E-state index in [9.17, 15) is 4.39 Å². The lowest BCUT2D eigenvalue weighted by atomic mass is 9.96. The Morgan fingerprint density at radius 1 is 1.16 bits per heavy atom. The summed E-state index contributed by atoms with van der Waals surface area (Å²) in [5, 5.41) is 3.73. The van der Waals surface area contributed by atoms with Crippen LogP contribution in [-0.2, 0) is 0 Å². The van der Waals surface area contributed by atoms with Gasteiger partial charge in [0.15, 0.2) is 0 Å². The van der Waals surface area contributed by atoms with Crippen LogP contribution in [0.4, 0.5) is 4.39 Å². The molecule has 0 amide bonds. The molecule has 3 heteroatoms. The van der Waals surface area contributed by atoms with Gasteiger partial charge in [0.2, 0.25) is 0 Å². The number of hydrogen-bond donors (Lipinski definition) is 1. The summed E-state index contributed by atoms with van der Waals surface area (Å²) in [5.41, 5.74) is 1.17. The highest BCUT2D eigenvalue weighted by atomic mass is 19.1. The second-order valence-corrected chi connectivity index (χ2v) is 6.16. The third kappa shape index (κ3) is 2.67. The molecule has 2 nitrogen and oxygen atoms in total. The molecule has 3 atom stereocenters. The Kier molecular flexibility index (Phi) is 3.59. The van der Waals surface area contributed by atoms with Crippen molar-refractivity contribution >= 4 is 0 Å². The summed E-state index contributed by atoms with van der Waals surface area (Å²) >= 11 is 0. The minimum Gasteiger partial charge on any atom is -0.307 e. The van der Waals surface area contributed by atoms with Crippen molar-refractivity contribution in [1.29, 1.82) is 0 Å². The molecule has 19 heavy (non-hydrogen) atoms. The zero-order chi connectivity index (χ0) is 13.4. The van der Waals surface area contributed by atoms with Gasteiger partial charge in [-0.25, -0.2) is 4.39 Å². The maximum atomic E-state index is 12.9. The molecule has 2 aliphatic rings. The Bertz CT molecular complexity index is 417. The Balaban J connectivity index is 1.61. The van der Waals surface area contributed by atoms with Gasteiger partial charge in [0.05, 0.1) is 0 Å². The van der Waals surface area contributed by atoms with E-state index in [4.69, 9.17) is 0 Å². The van der Waals surface area contributed by atoms with Crippen LogP contribution in [0.15, 0.2) is 24.3 Å². The lowest BCUT2D eigenvalue weighted by Gasteiger charge is -2.38. The number of nitrogens with zero attached hydrogens (tertiary/aromatic N) is 1. The fourth-order valence-corrected chi connectivity index (χ4v) is 3.75. The highest BCUT2D eigenvalue weighted by Gasteiger charge is 2.38. The Morgan fingerprint density at radius 3 is 2.32 bits per heavy atom. The summed E-state index contributed by atoms with van der Waals surface area (Å²) in [5.74, 6) is -0.159. The summed E-state index contributed by atoms with van der Waals surface area (Å²) in [6.45, 7) is 2.17. The van der Waals surface area contributed by atoms with E-state index >= 15 is 0 Å². The zero-order valence-electron chi connectivity index (χ0n) is 11.8. The normalized spacial score (nSPS) is 32.5. The largest absolute Gasteiger partial charge is 0.307 e. The Morgan fingerprint density at radius 2 is 1.74 bits per heavy atom. The third-order valence-corrected chi connectivity index (χ3v) is 4.95. The van der Waals surface area contributed by atoms with Crippen LogP contribution < -0.4 is 5.32 Å². The number of halogens is 1. The maximum Gasteiger partial charge on any atom is 0.123 e. The molecule has 104 valence electrons. The second-order valence-electron chi connectivity index (χ2n) is 6.16. The monoisotopic (exact) mass is 262 g/mol. The number of nitrogens with one attached hydrogen (secondary N) is 1. The third-order valence-electron chi connectivity index (χ3n) is 4.95. The van der Waals surface area contributed by atoms with Crippen LogP contribution in [0.3, 0.4) is 0 Å². The molecule has 2 aliphatic heterocycles. The van der Waals surface area contributed by atoms with E-state index in [0.29, 0.717) is 12.1 Å². The summed E-state index contributed by atoms with van der Waals surface area (Å²) in [4.78, 5) is 2.56. The zero-order valence-corrected chi connectivity index (χ0v) is 11.8. The van der Waals surface area contributed by atoms with Gasteiger partial charge < -0.3 is 10.2 Å². The van der Waals surface area contributed by atoms with Crippen molar-refractivity contribution in [2.24, 2.45) is 0 Å². The van der Waals surface area contributed by atoms with Gasteiger partial charge in [-0.05, 0) is 57.4 Å². The van der Waals surface area contributed by atoms with Crippen molar-refractivity contribution in [1.82, 2.24) is 10.2 Å².